The fourth-order valence-electron chi connectivity index (χ4n) is 0.747. The average Bonchev–Trinajstić information content (AvgIpc) is 1.82. The average molecular weight is 130 g/mol. The molecule has 0 fully saturated rings. The summed E-state index contributed by atoms with van der Waals surface area (Å²) in [6.45, 7) is 7.03. The van der Waals surface area contributed by atoms with Crippen molar-refractivity contribution in [2.75, 3.05) is 6.61 Å². The van der Waals surface area contributed by atoms with E-state index in [9.17, 15) is 0 Å². The van der Waals surface area contributed by atoms with E-state index >= 15 is 0 Å². The van der Waals surface area contributed by atoms with Crippen LogP contribution in [0, 0.1) is 11.8 Å². The number of aliphatic hydroxyl groups excluding tert-OH is 1. The van der Waals surface area contributed by atoms with Crippen molar-refractivity contribution in [1.82, 2.24) is 0 Å². The van der Waals surface area contributed by atoms with E-state index in [0.717, 1.165) is 24.7 Å². The minimum atomic E-state index is 0.344. The van der Waals surface area contributed by atoms with E-state index in [0.29, 0.717) is 6.61 Å². The predicted molar refractivity (Wildman–Crippen MR) is 40.3 cm³/mol. The zero-order valence-electron chi connectivity index (χ0n) is 6.72. The summed E-state index contributed by atoms with van der Waals surface area (Å²) < 4.78 is 0. The lowest BCUT2D eigenvalue weighted by Crippen LogP contribution is -2.04. The van der Waals surface area contributed by atoms with Gasteiger partial charge in [0.15, 0.2) is 0 Å². The van der Waals surface area contributed by atoms with Gasteiger partial charge in [-0.25, -0.2) is 0 Å². The Labute approximate surface area is 58.1 Å². The maximum absolute atomic E-state index is 8.50. The van der Waals surface area contributed by atoms with E-state index in [-0.39, 0.29) is 0 Å². The second-order valence-corrected chi connectivity index (χ2v) is 3.09. The highest BCUT2D eigenvalue weighted by molar-refractivity contribution is 4.55. The standard InChI is InChI=1S/C8H18O/c1-7(2)8(3)5-4-6-9/h7-9H,4-6H2,1-3H3/t8-/m1/s1. The molecular formula is C8H18O. The Hall–Kier alpha value is -0.0400. The summed E-state index contributed by atoms with van der Waals surface area (Å²) in [6.07, 6.45) is 2.12. The van der Waals surface area contributed by atoms with Gasteiger partial charge < -0.3 is 5.11 Å². The van der Waals surface area contributed by atoms with Crippen molar-refractivity contribution in [2.24, 2.45) is 11.8 Å². The summed E-state index contributed by atoms with van der Waals surface area (Å²) in [5.74, 6) is 1.52. The molecule has 0 spiro atoms. The molecule has 0 heterocycles. The lowest BCUT2D eigenvalue weighted by atomic mass is 9.94. The first-order chi connectivity index (χ1) is 4.18. The van der Waals surface area contributed by atoms with Crippen LogP contribution in [0.1, 0.15) is 33.6 Å². The normalized spacial score (nSPS) is 14.3. The van der Waals surface area contributed by atoms with Crippen molar-refractivity contribution < 1.29 is 5.11 Å². The molecule has 1 heteroatoms. The molecule has 0 amide bonds. The molecular weight excluding hydrogens is 112 g/mol. The third-order valence-electron chi connectivity index (χ3n) is 1.96. The Morgan fingerprint density at radius 2 is 1.78 bits per heavy atom. The predicted octanol–water partition coefficient (Wildman–Crippen LogP) is 2.05. The minimum absolute atomic E-state index is 0.344. The minimum Gasteiger partial charge on any atom is -0.396 e. The lowest BCUT2D eigenvalue weighted by molar-refractivity contribution is 0.262. The van der Waals surface area contributed by atoms with Crippen LogP contribution in [0.2, 0.25) is 0 Å². The zero-order chi connectivity index (χ0) is 7.28. The molecule has 1 N–H and O–H groups in total. The second kappa shape index (κ2) is 4.80. The van der Waals surface area contributed by atoms with Gasteiger partial charge in [-0.3, -0.25) is 0 Å². The number of hydrogen-bond donors (Lipinski definition) is 1. The third-order valence-corrected chi connectivity index (χ3v) is 1.96. The largest absolute Gasteiger partial charge is 0.396 e. The topological polar surface area (TPSA) is 20.2 Å². The van der Waals surface area contributed by atoms with Crippen LogP contribution in [0.15, 0.2) is 0 Å². The molecule has 0 saturated heterocycles. The zero-order valence-corrected chi connectivity index (χ0v) is 6.72. The Morgan fingerprint density at radius 1 is 1.22 bits per heavy atom. The van der Waals surface area contributed by atoms with Gasteiger partial charge in [-0.15, -0.1) is 0 Å². The summed E-state index contributed by atoms with van der Waals surface area (Å²) in [5, 5.41) is 8.50. The Bertz CT molecular complexity index is 59.6. The van der Waals surface area contributed by atoms with Crippen LogP contribution in [0.25, 0.3) is 0 Å². The maximum Gasteiger partial charge on any atom is 0.0431 e. The van der Waals surface area contributed by atoms with Crippen molar-refractivity contribution in [2.45, 2.75) is 33.6 Å². The Kier molecular flexibility index (Phi) is 4.78. The molecule has 0 aromatic heterocycles. The molecule has 0 aliphatic carbocycles. The van der Waals surface area contributed by atoms with E-state index in [1.54, 1.807) is 0 Å². The van der Waals surface area contributed by atoms with Gasteiger partial charge >= 0.3 is 0 Å². The highest BCUT2D eigenvalue weighted by Gasteiger charge is 2.04. The molecule has 0 rings (SSSR count). The monoisotopic (exact) mass is 130 g/mol. The molecule has 0 aromatic carbocycles. The molecule has 0 saturated carbocycles. The fraction of sp³-hybridized carbons (Fsp3) is 1.00. The third kappa shape index (κ3) is 4.46. The van der Waals surface area contributed by atoms with Crippen molar-refractivity contribution in [3.8, 4) is 0 Å². The van der Waals surface area contributed by atoms with Gasteiger partial charge in [-0.05, 0) is 24.7 Å². The van der Waals surface area contributed by atoms with Gasteiger partial charge in [0.1, 0.15) is 0 Å². The van der Waals surface area contributed by atoms with Crippen LogP contribution in [0.4, 0.5) is 0 Å². The molecule has 1 atom stereocenters. The van der Waals surface area contributed by atoms with Crippen LogP contribution in [-0.2, 0) is 0 Å². The van der Waals surface area contributed by atoms with E-state index in [1.807, 2.05) is 0 Å². The van der Waals surface area contributed by atoms with Crippen molar-refractivity contribution >= 4 is 0 Å². The molecule has 9 heavy (non-hydrogen) atoms. The van der Waals surface area contributed by atoms with Crippen LogP contribution >= 0.6 is 0 Å². The fourth-order valence-corrected chi connectivity index (χ4v) is 0.747. The van der Waals surface area contributed by atoms with E-state index in [2.05, 4.69) is 20.8 Å². The Balaban J connectivity index is 3.16. The van der Waals surface area contributed by atoms with Crippen LogP contribution < -0.4 is 0 Å². The van der Waals surface area contributed by atoms with Gasteiger partial charge in [0, 0.05) is 6.61 Å². The van der Waals surface area contributed by atoms with Gasteiger partial charge in [-0.1, -0.05) is 20.8 Å². The van der Waals surface area contributed by atoms with Gasteiger partial charge in [0.2, 0.25) is 0 Å². The molecule has 0 aliphatic heterocycles. The van der Waals surface area contributed by atoms with E-state index in [4.69, 9.17) is 5.11 Å². The molecule has 1 nitrogen and oxygen atoms in total. The second-order valence-electron chi connectivity index (χ2n) is 3.09. The first-order valence-electron chi connectivity index (χ1n) is 3.79. The quantitative estimate of drug-likeness (QED) is 0.617. The van der Waals surface area contributed by atoms with Gasteiger partial charge in [0.25, 0.3) is 0 Å². The molecule has 0 unspecified atom stereocenters. The number of aliphatic hydroxyl groups is 1. The first-order valence-corrected chi connectivity index (χ1v) is 3.79. The maximum atomic E-state index is 8.50. The molecule has 56 valence electrons. The van der Waals surface area contributed by atoms with Crippen molar-refractivity contribution in [3.63, 3.8) is 0 Å². The van der Waals surface area contributed by atoms with Crippen molar-refractivity contribution in [3.05, 3.63) is 0 Å². The molecule has 0 aromatic rings. The lowest BCUT2D eigenvalue weighted by Gasteiger charge is -2.13. The molecule has 0 aliphatic rings. The van der Waals surface area contributed by atoms with Crippen LogP contribution in [-0.4, -0.2) is 11.7 Å². The highest BCUT2D eigenvalue weighted by atomic mass is 16.2. The highest BCUT2D eigenvalue weighted by Crippen LogP contribution is 2.14. The van der Waals surface area contributed by atoms with Gasteiger partial charge in [0.05, 0.1) is 0 Å². The summed E-state index contributed by atoms with van der Waals surface area (Å²) >= 11 is 0. The summed E-state index contributed by atoms with van der Waals surface area (Å²) in [4.78, 5) is 0. The van der Waals surface area contributed by atoms with Crippen LogP contribution in [0.3, 0.4) is 0 Å². The van der Waals surface area contributed by atoms with E-state index in [1.165, 1.54) is 0 Å². The SMILES string of the molecule is CC(C)[C@H](C)CCCO. The number of rotatable bonds is 4. The molecule has 0 bridgehead atoms. The van der Waals surface area contributed by atoms with Crippen LogP contribution in [0.5, 0.6) is 0 Å². The smallest absolute Gasteiger partial charge is 0.0431 e. The molecule has 0 radical (unpaired) electrons. The first kappa shape index (κ1) is 8.96. The number of hydrogen-bond acceptors (Lipinski definition) is 1. The summed E-state index contributed by atoms with van der Waals surface area (Å²) in [7, 11) is 0. The summed E-state index contributed by atoms with van der Waals surface area (Å²) in [6, 6.07) is 0. The van der Waals surface area contributed by atoms with E-state index < -0.39 is 0 Å². The van der Waals surface area contributed by atoms with Crippen molar-refractivity contribution in [1.29, 1.82) is 0 Å². The van der Waals surface area contributed by atoms with Gasteiger partial charge in [-0.2, -0.15) is 0 Å². The Morgan fingerprint density at radius 3 is 2.11 bits per heavy atom. The summed E-state index contributed by atoms with van der Waals surface area (Å²) in [5.41, 5.74) is 0.